The van der Waals surface area contributed by atoms with Gasteiger partial charge in [-0.25, -0.2) is 0 Å². The summed E-state index contributed by atoms with van der Waals surface area (Å²) in [6.45, 7) is 4.83. The zero-order valence-corrected chi connectivity index (χ0v) is 12.9. The summed E-state index contributed by atoms with van der Waals surface area (Å²) in [6.07, 6.45) is 4.42. The molecule has 2 aromatic rings. The number of benzene rings is 1. The molecule has 1 aromatic carbocycles. The minimum atomic E-state index is 0.315. The van der Waals surface area contributed by atoms with E-state index in [1.165, 1.54) is 17.5 Å². The van der Waals surface area contributed by atoms with Gasteiger partial charge in [0.05, 0.1) is 12.6 Å². The normalized spacial score (nSPS) is 21.0. The van der Waals surface area contributed by atoms with Crippen molar-refractivity contribution in [2.45, 2.75) is 38.6 Å². The zero-order valence-electron chi connectivity index (χ0n) is 12.9. The summed E-state index contributed by atoms with van der Waals surface area (Å²) < 4.78 is 10.7. The van der Waals surface area contributed by atoms with Gasteiger partial charge in [-0.1, -0.05) is 17.3 Å². The summed E-state index contributed by atoms with van der Waals surface area (Å²) in [5.74, 6) is 2.56. The maximum absolute atomic E-state index is 5.57. The molecule has 2 aliphatic rings. The van der Waals surface area contributed by atoms with Crippen molar-refractivity contribution in [3.05, 3.63) is 41.0 Å². The van der Waals surface area contributed by atoms with E-state index in [0.717, 1.165) is 50.5 Å². The number of rotatable bonds is 4. The van der Waals surface area contributed by atoms with Crippen LogP contribution in [0.25, 0.3) is 0 Å². The van der Waals surface area contributed by atoms with E-state index in [1.54, 1.807) is 0 Å². The van der Waals surface area contributed by atoms with Gasteiger partial charge in [0.2, 0.25) is 5.89 Å². The van der Waals surface area contributed by atoms with Crippen molar-refractivity contribution in [3.8, 4) is 5.75 Å². The number of nitrogens with zero attached hydrogens (tertiary/aromatic N) is 3. The van der Waals surface area contributed by atoms with E-state index < -0.39 is 0 Å². The van der Waals surface area contributed by atoms with Crippen molar-refractivity contribution in [1.82, 2.24) is 15.0 Å². The van der Waals surface area contributed by atoms with E-state index in [2.05, 4.69) is 33.2 Å². The van der Waals surface area contributed by atoms with Gasteiger partial charge in [0.15, 0.2) is 5.82 Å². The zero-order chi connectivity index (χ0) is 14.9. The lowest BCUT2D eigenvalue weighted by Gasteiger charge is -2.21. The highest BCUT2D eigenvalue weighted by molar-refractivity contribution is 5.39. The van der Waals surface area contributed by atoms with Crippen molar-refractivity contribution in [2.75, 3.05) is 19.7 Å². The van der Waals surface area contributed by atoms with Crippen LogP contribution in [0.5, 0.6) is 5.75 Å². The maximum Gasteiger partial charge on any atom is 0.223 e. The summed E-state index contributed by atoms with van der Waals surface area (Å²) in [4.78, 5) is 6.89. The second-order valence-corrected chi connectivity index (χ2v) is 6.16. The van der Waals surface area contributed by atoms with Crippen LogP contribution in [0.1, 0.15) is 41.7 Å². The smallest absolute Gasteiger partial charge is 0.223 e. The van der Waals surface area contributed by atoms with Gasteiger partial charge in [0.25, 0.3) is 0 Å². The molecule has 0 spiro atoms. The number of aromatic nitrogens is 2. The molecular formula is C17H21N3O2. The first-order valence-corrected chi connectivity index (χ1v) is 8.08. The Balaban J connectivity index is 1.42. The number of likely N-dealkylation sites (tertiary alicyclic amines) is 1. The first-order valence-electron chi connectivity index (χ1n) is 8.08. The third-order valence-electron chi connectivity index (χ3n) is 4.65. The van der Waals surface area contributed by atoms with Crippen LogP contribution in [-0.4, -0.2) is 34.7 Å². The van der Waals surface area contributed by atoms with Crippen molar-refractivity contribution in [2.24, 2.45) is 0 Å². The molecule has 1 aromatic heterocycles. The van der Waals surface area contributed by atoms with Gasteiger partial charge in [-0.15, -0.1) is 0 Å². The van der Waals surface area contributed by atoms with Crippen LogP contribution in [0.3, 0.4) is 0 Å². The number of hydrogen-bond donors (Lipinski definition) is 0. The average Bonchev–Trinajstić information content (AvgIpc) is 3.24. The van der Waals surface area contributed by atoms with Crippen molar-refractivity contribution in [3.63, 3.8) is 0 Å². The summed E-state index contributed by atoms with van der Waals surface area (Å²) in [7, 11) is 0. The highest BCUT2D eigenvalue weighted by Gasteiger charge is 2.29. The highest BCUT2D eigenvalue weighted by Crippen LogP contribution is 2.31. The molecular weight excluding hydrogens is 278 g/mol. The Bertz CT molecular complexity index is 668. The molecule has 0 N–H and O–H groups in total. The second kappa shape index (κ2) is 5.72. The molecule has 1 fully saturated rings. The fraction of sp³-hybridized carbons (Fsp3) is 0.529. The average molecular weight is 299 g/mol. The predicted molar refractivity (Wildman–Crippen MR) is 81.9 cm³/mol. The Kier molecular flexibility index (Phi) is 3.58. The van der Waals surface area contributed by atoms with Crippen LogP contribution in [0.4, 0.5) is 0 Å². The van der Waals surface area contributed by atoms with Crippen LogP contribution >= 0.6 is 0 Å². The van der Waals surface area contributed by atoms with Gasteiger partial charge in [-0.05, 0) is 43.0 Å². The van der Waals surface area contributed by atoms with E-state index in [0.29, 0.717) is 11.9 Å². The predicted octanol–water partition coefficient (Wildman–Crippen LogP) is 2.69. The van der Waals surface area contributed by atoms with Crippen LogP contribution in [0, 0.1) is 6.92 Å². The number of fused-ring (bicyclic) bond motifs is 1. The van der Waals surface area contributed by atoms with Gasteiger partial charge in [0, 0.05) is 19.9 Å². The molecule has 22 heavy (non-hydrogen) atoms. The molecule has 1 atom stereocenters. The molecule has 0 bridgehead atoms. The molecule has 5 nitrogen and oxygen atoms in total. The Hall–Kier alpha value is -1.88. The van der Waals surface area contributed by atoms with E-state index in [-0.39, 0.29) is 0 Å². The number of hydrogen-bond acceptors (Lipinski definition) is 5. The molecule has 0 aliphatic carbocycles. The minimum Gasteiger partial charge on any atom is -0.493 e. The lowest BCUT2D eigenvalue weighted by atomic mass is 10.1. The number of ether oxygens (including phenoxy) is 1. The van der Waals surface area contributed by atoms with Crippen LogP contribution in [0.15, 0.2) is 22.7 Å². The summed E-state index contributed by atoms with van der Waals surface area (Å²) in [5, 5.41) is 4.11. The van der Waals surface area contributed by atoms with Crippen molar-refractivity contribution < 1.29 is 9.26 Å². The minimum absolute atomic E-state index is 0.315. The van der Waals surface area contributed by atoms with Gasteiger partial charge >= 0.3 is 0 Å². The molecule has 1 unspecified atom stereocenters. The Morgan fingerprint density at radius 1 is 1.36 bits per heavy atom. The van der Waals surface area contributed by atoms with Gasteiger partial charge < -0.3 is 9.26 Å². The molecule has 3 heterocycles. The molecule has 0 saturated carbocycles. The third kappa shape index (κ3) is 2.61. The first kappa shape index (κ1) is 13.8. The molecule has 1 saturated heterocycles. The standard InChI is InChI=1S/C17H21N3O2/c1-12-18-17(19-22-12)15-3-2-8-20(15)9-6-13-4-5-16-14(11-13)7-10-21-16/h4-5,11,15H,2-3,6-10H2,1H3. The SMILES string of the molecule is Cc1nc(C2CCCN2CCc2ccc3c(c2)CCO3)no1. The third-order valence-corrected chi connectivity index (χ3v) is 4.65. The summed E-state index contributed by atoms with van der Waals surface area (Å²) in [5.41, 5.74) is 2.74. The van der Waals surface area contributed by atoms with E-state index in [1.807, 2.05) is 6.92 Å². The largest absolute Gasteiger partial charge is 0.493 e. The van der Waals surface area contributed by atoms with Crippen LogP contribution in [0.2, 0.25) is 0 Å². The van der Waals surface area contributed by atoms with Gasteiger partial charge in [-0.2, -0.15) is 4.98 Å². The van der Waals surface area contributed by atoms with E-state index in [4.69, 9.17) is 9.26 Å². The highest BCUT2D eigenvalue weighted by atomic mass is 16.5. The summed E-state index contributed by atoms with van der Waals surface area (Å²) >= 11 is 0. The molecule has 4 rings (SSSR count). The quantitative estimate of drug-likeness (QED) is 0.869. The summed E-state index contributed by atoms with van der Waals surface area (Å²) in [6, 6.07) is 6.91. The topological polar surface area (TPSA) is 51.4 Å². The van der Waals surface area contributed by atoms with Crippen molar-refractivity contribution in [1.29, 1.82) is 0 Å². The Morgan fingerprint density at radius 3 is 3.18 bits per heavy atom. The Morgan fingerprint density at radius 2 is 2.32 bits per heavy atom. The van der Waals surface area contributed by atoms with Crippen LogP contribution in [-0.2, 0) is 12.8 Å². The maximum atomic E-state index is 5.57. The van der Waals surface area contributed by atoms with Gasteiger partial charge in [0.1, 0.15) is 5.75 Å². The fourth-order valence-electron chi connectivity index (χ4n) is 3.50. The van der Waals surface area contributed by atoms with E-state index in [9.17, 15) is 0 Å². The van der Waals surface area contributed by atoms with E-state index >= 15 is 0 Å². The molecule has 0 amide bonds. The molecule has 116 valence electrons. The molecule has 2 aliphatic heterocycles. The lowest BCUT2D eigenvalue weighted by molar-refractivity contribution is 0.245. The number of aryl methyl sites for hydroxylation is 1. The Labute approximate surface area is 130 Å². The van der Waals surface area contributed by atoms with Crippen molar-refractivity contribution >= 4 is 0 Å². The second-order valence-electron chi connectivity index (χ2n) is 6.16. The molecule has 0 radical (unpaired) electrons. The van der Waals surface area contributed by atoms with Crippen LogP contribution < -0.4 is 4.74 Å². The molecule has 5 heteroatoms. The van der Waals surface area contributed by atoms with Gasteiger partial charge in [-0.3, -0.25) is 4.90 Å². The lowest BCUT2D eigenvalue weighted by Crippen LogP contribution is -2.26. The monoisotopic (exact) mass is 299 g/mol. The first-order chi connectivity index (χ1) is 10.8. The fourth-order valence-corrected chi connectivity index (χ4v) is 3.50.